The zero-order valence-corrected chi connectivity index (χ0v) is 14.4. The van der Waals surface area contributed by atoms with Gasteiger partial charge in [-0.25, -0.2) is 26.5 Å². The predicted molar refractivity (Wildman–Crippen MR) is 87.3 cm³/mol. The van der Waals surface area contributed by atoms with Gasteiger partial charge in [0.1, 0.15) is 11.3 Å². The van der Waals surface area contributed by atoms with Gasteiger partial charge >= 0.3 is 0 Å². The van der Waals surface area contributed by atoms with Crippen LogP contribution in [0.1, 0.15) is 12.8 Å². The standard InChI is InChI=1S/C14H15F2N3O3S2/c1-24(21,22)19-4-2-8(3-5-19)13(20)18-14-17-12-10(16)6-9(15)7-11(12)23-14/h6-8H,2-5H2,1H3,(H,17,18,20). The van der Waals surface area contributed by atoms with Gasteiger partial charge in [-0.05, 0) is 18.9 Å². The average molecular weight is 375 g/mol. The van der Waals surface area contributed by atoms with Gasteiger partial charge in [0.05, 0.1) is 11.0 Å². The highest BCUT2D eigenvalue weighted by Crippen LogP contribution is 2.29. The summed E-state index contributed by atoms with van der Waals surface area (Å²) in [7, 11) is -3.25. The van der Waals surface area contributed by atoms with Gasteiger partial charge < -0.3 is 5.32 Å². The highest BCUT2D eigenvalue weighted by Gasteiger charge is 2.29. The summed E-state index contributed by atoms with van der Waals surface area (Å²) in [5.41, 5.74) is 0.0172. The molecule has 24 heavy (non-hydrogen) atoms. The summed E-state index contributed by atoms with van der Waals surface area (Å²) in [6.07, 6.45) is 1.96. The van der Waals surface area contributed by atoms with Crippen LogP contribution in [-0.4, -0.2) is 43.0 Å². The van der Waals surface area contributed by atoms with Crippen molar-refractivity contribution in [3.63, 3.8) is 0 Å². The van der Waals surface area contributed by atoms with Crippen LogP contribution < -0.4 is 5.32 Å². The molecule has 2 heterocycles. The van der Waals surface area contributed by atoms with Crippen molar-refractivity contribution in [2.45, 2.75) is 12.8 Å². The number of nitrogens with zero attached hydrogens (tertiary/aromatic N) is 2. The number of carbonyl (C=O) groups is 1. The van der Waals surface area contributed by atoms with Gasteiger partial charge in [-0.15, -0.1) is 0 Å². The van der Waals surface area contributed by atoms with Gasteiger partial charge in [0.25, 0.3) is 0 Å². The molecule has 0 radical (unpaired) electrons. The number of piperidine rings is 1. The predicted octanol–water partition coefficient (Wildman–Crippen LogP) is 2.18. The molecule has 0 saturated carbocycles. The molecule has 0 bridgehead atoms. The van der Waals surface area contributed by atoms with E-state index in [-0.39, 0.29) is 35.6 Å². The lowest BCUT2D eigenvalue weighted by atomic mass is 9.97. The van der Waals surface area contributed by atoms with Crippen LogP contribution in [0.5, 0.6) is 0 Å². The van der Waals surface area contributed by atoms with Crippen molar-refractivity contribution in [1.29, 1.82) is 0 Å². The van der Waals surface area contributed by atoms with E-state index in [1.165, 1.54) is 4.31 Å². The smallest absolute Gasteiger partial charge is 0.229 e. The quantitative estimate of drug-likeness (QED) is 0.892. The first-order valence-electron chi connectivity index (χ1n) is 7.25. The summed E-state index contributed by atoms with van der Waals surface area (Å²) in [6.45, 7) is 0.577. The van der Waals surface area contributed by atoms with Crippen molar-refractivity contribution in [3.8, 4) is 0 Å². The second-order valence-corrected chi connectivity index (χ2v) is 8.69. The number of amides is 1. The van der Waals surface area contributed by atoms with Crippen LogP contribution in [-0.2, 0) is 14.8 Å². The van der Waals surface area contributed by atoms with E-state index in [1.807, 2.05) is 0 Å². The van der Waals surface area contributed by atoms with E-state index in [0.29, 0.717) is 17.5 Å². The lowest BCUT2D eigenvalue weighted by Gasteiger charge is -2.29. The number of carbonyl (C=O) groups excluding carboxylic acids is 1. The molecule has 2 aromatic rings. The molecule has 1 aliphatic rings. The number of fused-ring (bicyclic) bond motifs is 1. The summed E-state index contributed by atoms with van der Waals surface area (Å²) in [4.78, 5) is 16.3. The van der Waals surface area contributed by atoms with Crippen LogP contribution in [0.2, 0.25) is 0 Å². The van der Waals surface area contributed by atoms with Gasteiger partial charge in [-0.2, -0.15) is 0 Å². The van der Waals surface area contributed by atoms with Crippen molar-refractivity contribution in [2.75, 3.05) is 24.7 Å². The van der Waals surface area contributed by atoms with E-state index in [1.54, 1.807) is 0 Å². The molecular formula is C14H15F2N3O3S2. The summed E-state index contributed by atoms with van der Waals surface area (Å²) in [5, 5.41) is 2.81. The van der Waals surface area contributed by atoms with Crippen LogP contribution in [0, 0.1) is 17.6 Å². The highest BCUT2D eigenvalue weighted by molar-refractivity contribution is 7.88. The molecule has 1 amide bonds. The minimum absolute atomic E-state index is 0.0172. The molecule has 1 fully saturated rings. The monoisotopic (exact) mass is 375 g/mol. The number of rotatable bonds is 3. The van der Waals surface area contributed by atoms with Crippen molar-refractivity contribution in [2.24, 2.45) is 5.92 Å². The summed E-state index contributed by atoms with van der Waals surface area (Å²) in [6, 6.07) is 1.91. The Bertz CT molecular complexity index is 890. The fourth-order valence-electron chi connectivity index (χ4n) is 2.67. The van der Waals surface area contributed by atoms with Crippen LogP contribution in [0.4, 0.5) is 13.9 Å². The maximum atomic E-state index is 13.6. The SMILES string of the molecule is CS(=O)(=O)N1CCC(C(=O)Nc2nc3c(F)cc(F)cc3s2)CC1. The number of sulfonamides is 1. The van der Waals surface area contributed by atoms with Crippen LogP contribution in [0.25, 0.3) is 10.2 Å². The third-order valence-corrected chi connectivity index (χ3v) is 6.16. The van der Waals surface area contributed by atoms with E-state index in [4.69, 9.17) is 0 Å². The van der Waals surface area contributed by atoms with Gasteiger partial charge in [0, 0.05) is 25.1 Å². The average Bonchev–Trinajstić information content (AvgIpc) is 2.89. The largest absolute Gasteiger partial charge is 0.302 e. The topological polar surface area (TPSA) is 79.4 Å². The number of thiazole rings is 1. The zero-order valence-electron chi connectivity index (χ0n) is 12.8. The second-order valence-electron chi connectivity index (χ2n) is 5.68. The molecule has 130 valence electrons. The Labute approximate surface area is 141 Å². The fourth-order valence-corrected chi connectivity index (χ4v) is 4.45. The lowest BCUT2D eigenvalue weighted by molar-refractivity contribution is -0.120. The molecule has 1 aromatic carbocycles. The first-order chi connectivity index (χ1) is 11.2. The molecule has 10 heteroatoms. The second kappa shape index (κ2) is 6.34. The Morgan fingerprint density at radius 3 is 2.62 bits per heavy atom. The molecule has 1 aromatic heterocycles. The number of benzene rings is 1. The molecule has 1 aliphatic heterocycles. The maximum Gasteiger partial charge on any atom is 0.229 e. The van der Waals surface area contributed by atoms with Crippen LogP contribution >= 0.6 is 11.3 Å². The van der Waals surface area contributed by atoms with E-state index in [9.17, 15) is 22.0 Å². The normalized spacial score (nSPS) is 17.3. The van der Waals surface area contributed by atoms with Gasteiger partial charge in [-0.1, -0.05) is 11.3 Å². The number of hydrogen-bond acceptors (Lipinski definition) is 5. The molecule has 0 aliphatic carbocycles. The third-order valence-electron chi connectivity index (χ3n) is 3.94. The van der Waals surface area contributed by atoms with Crippen molar-refractivity contribution in [1.82, 2.24) is 9.29 Å². The fraction of sp³-hybridized carbons (Fsp3) is 0.429. The van der Waals surface area contributed by atoms with E-state index < -0.39 is 21.7 Å². The maximum absolute atomic E-state index is 13.6. The lowest BCUT2D eigenvalue weighted by Crippen LogP contribution is -2.40. The Morgan fingerprint density at radius 1 is 1.33 bits per heavy atom. The Hall–Kier alpha value is -1.65. The zero-order chi connectivity index (χ0) is 17.5. The number of hydrogen-bond donors (Lipinski definition) is 1. The van der Waals surface area contributed by atoms with Crippen molar-refractivity contribution < 1.29 is 22.0 Å². The Balaban J connectivity index is 1.69. The molecule has 1 N–H and O–H groups in total. The van der Waals surface area contributed by atoms with Crippen LogP contribution in [0.3, 0.4) is 0 Å². The molecule has 0 spiro atoms. The highest BCUT2D eigenvalue weighted by atomic mass is 32.2. The minimum atomic E-state index is -3.25. The minimum Gasteiger partial charge on any atom is -0.302 e. The molecule has 0 unspecified atom stereocenters. The summed E-state index contributed by atoms with van der Waals surface area (Å²) >= 11 is 0.993. The van der Waals surface area contributed by atoms with Gasteiger partial charge in [0.15, 0.2) is 10.9 Å². The number of halogens is 2. The van der Waals surface area contributed by atoms with Gasteiger partial charge in [-0.3, -0.25) is 4.79 Å². The number of nitrogens with one attached hydrogen (secondary N) is 1. The van der Waals surface area contributed by atoms with Crippen LogP contribution in [0.15, 0.2) is 12.1 Å². The number of anilines is 1. The molecule has 3 rings (SSSR count). The summed E-state index contributed by atoms with van der Waals surface area (Å²) < 4.78 is 51.4. The molecular weight excluding hydrogens is 360 g/mol. The summed E-state index contributed by atoms with van der Waals surface area (Å²) in [5.74, 6) is -2.10. The third kappa shape index (κ3) is 3.55. The Morgan fingerprint density at radius 2 is 2.00 bits per heavy atom. The molecule has 6 nitrogen and oxygen atoms in total. The van der Waals surface area contributed by atoms with Crippen molar-refractivity contribution in [3.05, 3.63) is 23.8 Å². The van der Waals surface area contributed by atoms with E-state index in [2.05, 4.69) is 10.3 Å². The van der Waals surface area contributed by atoms with Crippen molar-refractivity contribution >= 4 is 42.6 Å². The Kier molecular flexibility index (Phi) is 4.54. The van der Waals surface area contributed by atoms with Gasteiger partial charge in [0.2, 0.25) is 15.9 Å². The first kappa shape index (κ1) is 17.2. The first-order valence-corrected chi connectivity index (χ1v) is 9.92. The number of aromatic nitrogens is 1. The molecule has 1 saturated heterocycles. The molecule has 0 atom stereocenters. The van der Waals surface area contributed by atoms with E-state index >= 15 is 0 Å². The van der Waals surface area contributed by atoms with E-state index in [0.717, 1.165) is 29.7 Å².